The fraction of sp³-hybridized carbons (Fsp3) is 0.400. The topological polar surface area (TPSA) is 99.2 Å². The molecule has 41 heavy (non-hydrogen) atoms. The smallest absolute Gasteiger partial charge is 0.344 e. The van der Waals surface area contributed by atoms with Gasteiger partial charge in [0.05, 0.1) is 24.9 Å². The molecule has 8 nitrogen and oxygen atoms in total. The van der Waals surface area contributed by atoms with E-state index in [0.717, 1.165) is 47.6 Å². The zero-order chi connectivity index (χ0) is 28.4. The Morgan fingerprint density at radius 2 is 2.00 bits per heavy atom. The molecule has 3 heterocycles. The first kappa shape index (κ1) is 29.5. The summed E-state index contributed by atoms with van der Waals surface area (Å²) in [5, 5.41) is 13.5. The molecule has 0 spiro atoms. The first-order chi connectivity index (χ1) is 20.0. The summed E-state index contributed by atoms with van der Waals surface area (Å²) in [5.74, 6) is 1.97. The van der Waals surface area contributed by atoms with Crippen molar-refractivity contribution in [3.8, 4) is 16.9 Å². The molecular formula is C30H33ClN4O4S2. The normalized spacial score (nSPS) is 14.9. The molecule has 0 radical (unpaired) electrons. The molecule has 11 heteroatoms. The number of ether oxygens (including phenoxy) is 1. The maximum absolute atomic E-state index is 12.6. The monoisotopic (exact) mass is 612 g/mol. The van der Waals surface area contributed by atoms with Crippen molar-refractivity contribution < 1.29 is 13.9 Å². The molecule has 1 fully saturated rings. The first-order valence-corrected chi connectivity index (χ1v) is 16.7. The van der Waals surface area contributed by atoms with Crippen LogP contribution in [0.5, 0.6) is 5.75 Å². The van der Waals surface area contributed by atoms with Crippen LogP contribution in [-0.4, -0.2) is 38.5 Å². The number of hydrogen-bond donors (Lipinski definition) is 1. The fourth-order valence-electron chi connectivity index (χ4n) is 4.61. The van der Waals surface area contributed by atoms with Crippen molar-refractivity contribution in [1.29, 1.82) is 0 Å². The second kappa shape index (κ2) is 14.8. The number of aromatic nitrogens is 3. The minimum atomic E-state index is -0.406. The highest BCUT2D eigenvalue weighted by Gasteiger charge is 2.16. The van der Waals surface area contributed by atoms with Crippen molar-refractivity contribution >= 4 is 50.1 Å². The van der Waals surface area contributed by atoms with Gasteiger partial charge in [-0.25, -0.2) is 4.79 Å². The third-order valence-corrected chi connectivity index (χ3v) is 10.1. The molecule has 1 N–H and O–H groups in total. The number of nitrogens with one attached hydrogen (secondary N) is 1. The van der Waals surface area contributed by atoms with Crippen molar-refractivity contribution in [2.75, 3.05) is 12.4 Å². The van der Waals surface area contributed by atoms with Gasteiger partial charge in [-0.15, -0.1) is 5.10 Å². The second-order valence-electron chi connectivity index (χ2n) is 10.0. The molecule has 0 aliphatic carbocycles. The summed E-state index contributed by atoms with van der Waals surface area (Å²) in [5.41, 5.74) is 2.08. The molecule has 1 aliphatic heterocycles. The van der Waals surface area contributed by atoms with Crippen molar-refractivity contribution in [2.24, 2.45) is 0 Å². The molecule has 0 saturated carbocycles. The van der Waals surface area contributed by atoms with Crippen molar-refractivity contribution in [1.82, 2.24) is 20.3 Å². The zero-order valence-electron chi connectivity index (χ0n) is 22.7. The summed E-state index contributed by atoms with van der Waals surface area (Å²) in [7, 11) is 3.96. The van der Waals surface area contributed by atoms with Crippen LogP contribution in [-0.2, 0) is 17.9 Å². The number of benzene rings is 2. The van der Waals surface area contributed by atoms with E-state index in [1.165, 1.54) is 18.6 Å². The van der Waals surface area contributed by atoms with Gasteiger partial charge in [-0.05, 0) is 68.0 Å². The highest BCUT2D eigenvalue weighted by Crippen LogP contribution is 2.39. The van der Waals surface area contributed by atoms with Gasteiger partial charge in [-0.2, -0.15) is 0 Å². The van der Waals surface area contributed by atoms with Gasteiger partial charge in [0.2, 0.25) is 5.91 Å². The van der Waals surface area contributed by atoms with Crippen molar-refractivity contribution in [3.63, 3.8) is 0 Å². The van der Waals surface area contributed by atoms with Crippen LogP contribution in [0.3, 0.4) is 0 Å². The lowest BCUT2D eigenvalue weighted by molar-refractivity contribution is -0.121. The Kier molecular flexibility index (Phi) is 10.7. The predicted molar refractivity (Wildman–Crippen MR) is 166 cm³/mol. The summed E-state index contributed by atoms with van der Waals surface area (Å²) in [6.07, 6.45) is 8.66. The quantitative estimate of drug-likeness (QED) is 0.0933. The third-order valence-electron chi connectivity index (χ3n) is 6.87. The van der Waals surface area contributed by atoms with Gasteiger partial charge < -0.3 is 14.5 Å². The van der Waals surface area contributed by atoms with Gasteiger partial charge in [0.1, 0.15) is 17.0 Å². The standard InChI is InChI=1S/C30H33ClN4O4S2/c31-23-10-7-21(8-11-23)27-17-22-9-12-25(18-28(22)39-30(27)37)38-15-4-3-14-35-20-24(33-34-35)19-32-29(36)6-2-1-5-26-13-16-40-41-26/h7-12,17-18,20,26H,1-6,13-16,19H2,(H,32,36). The number of carbonyl (C=O) groups is 1. The number of rotatable bonds is 14. The van der Waals surface area contributed by atoms with Gasteiger partial charge in [0.15, 0.2) is 0 Å². The molecule has 2 aromatic carbocycles. The van der Waals surface area contributed by atoms with E-state index in [-0.39, 0.29) is 5.91 Å². The van der Waals surface area contributed by atoms with Crippen molar-refractivity contribution in [3.05, 3.63) is 75.9 Å². The minimum Gasteiger partial charge on any atom is -0.493 e. The minimum absolute atomic E-state index is 0.0695. The van der Waals surface area contributed by atoms with Crippen LogP contribution < -0.4 is 15.7 Å². The second-order valence-corrected chi connectivity index (χ2v) is 13.3. The fourth-order valence-corrected chi connectivity index (χ4v) is 7.76. The summed E-state index contributed by atoms with van der Waals surface area (Å²) in [6, 6.07) is 14.4. The SMILES string of the molecule is O=C(CCCCC1CCSS1)NCc1cn(CCCCOc2ccc3cc(-c4ccc(Cl)cc4)c(=O)oc3c2)nn1. The molecule has 1 saturated heterocycles. The molecule has 4 aromatic rings. The molecule has 1 atom stereocenters. The highest BCUT2D eigenvalue weighted by atomic mass is 35.5. The van der Waals surface area contributed by atoms with Crippen LogP contribution in [0.15, 0.2) is 63.9 Å². The number of aryl methyl sites for hydroxylation is 1. The van der Waals surface area contributed by atoms with E-state index < -0.39 is 5.63 Å². The van der Waals surface area contributed by atoms with Gasteiger partial charge in [-0.1, -0.05) is 57.0 Å². The van der Waals surface area contributed by atoms with Crippen LogP contribution in [0, 0.1) is 0 Å². The lowest BCUT2D eigenvalue weighted by Gasteiger charge is -2.08. The van der Waals surface area contributed by atoms with E-state index in [0.29, 0.717) is 48.0 Å². The highest BCUT2D eigenvalue weighted by molar-refractivity contribution is 8.77. The average Bonchev–Trinajstić information content (AvgIpc) is 3.66. The Bertz CT molecular complexity index is 1500. The summed E-state index contributed by atoms with van der Waals surface area (Å²) in [4.78, 5) is 24.7. The maximum Gasteiger partial charge on any atom is 0.344 e. The van der Waals surface area contributed by atoms with E-state index in [1.54, 1.807) is 35.0 Å². The van der Waals surface area contributed by atoms with Gasteiger partial charge in [-0.3, -0.25) is 9.48 Å². The van der Waals surface area contributed by atoms with Crippen LogP contribution >= 0.6 is 33.2 Å². The molecule has 0 bridgehead atoms. The molecule has 5 rings (SSSR count). The number of halogens is 1. The van der Waals surface area contributed by atoms with E-state index >= 15 is 0 Å². The molecular weight excluding hydrogens is 580 g/mol. The van der Waals surface area contributed by atoms with Crippen LogP contribution in [0.25, 0.3) is 22.1 Å². The predicted octanol–water partition coefficient (Wildman–Crippen LogP) is 6.89. The van der Waals surface area contributed by atoms with E-state index in [2.05, 4.69) is 15.6 Å². The Labute approximate surface area is 252 Å². The van der Waals surface area contributed by atoms with Gasteiger partial charge >= 0.3 is 5.63 Å². The number of hydrogen-bond acceptors (Lipinski definition) is 8. The average molecular weight is 613 g/mol. The molecule has 216 valence electrons. The summed E-state index contributed by atoms with van der Waals surface area (Å²) < 4.78 is 13.2. The maximum atomic E-state index is 12.6. The van der Waals surface area contributed by atoms with Gasteiger partial charge in [0, 0.05) is 40.4 Å². The van der Waals surface area contributed by atoms with E-state index in [4.69, 9.17) is 20.8 Å². The van der Waals surface area contributed by atoms with Gasteiger partial charge in [0.25, 0.3) is 0 Å². The lowest BCUT2D eigenvalue weighted by atomic mass is 10.1. The first-order valence-electron chi connectivity index (χ1n) is 13.9. The van der Waals surface area contributed by atoms with Crippen molar-refractivity contribution in [2.45, 2.75) is 63.3 Å². The Morgan fingerprint density at radius 3 is 2.83 bits per heavy atom. The largest absolute Gasteiger partial charge is 0.493 e. The summed E-state index contributed by atoms with van der Waals surface area (Å²) >= 11 is 5.96. The Hall–Kier alpha value is -2.95. The number of carbonyl (C=O) groups excluding carboxylic acids is 1. The van der Waals surface area contributed by atoms with Crippen LogP contribution in [0.4, 0.5) is 0 Å². The molecule has 1 aliphatic rings. The number of unbranched alkanes of at least 4 members (excludes halogenated alkanes) is 2. The van der Waals surface area contributed by atoms with Crippen LogP contribution in [0.1, 0.15) is 50.6 Å². The number of fused-ring (bicyclic) bond motifs is 1. The molecule has 1 unspecified atom stereocenters. The Balaban J connectivity index is 0.996. The van der Waals surface area contributed by atoms with E-state index in [1.807, 2.05) is 46.0 Å². The van der Waals surface area contributed by atoms with Crippen LogP contribution in [0.2, 0.25) is 5.02 Å². The van der Waals surface area contributed by atoms with E-state index in [9.17, 15) is 9.59 Å². The number of nitrogens with zero attached hydrogens (tertiary/aromatic N) is 3. The molecule has 1 amide bonds. The number of amides is 1. The molecule has 2 aromatic heterocycles. The third kappa shape index (κ3) is 8.77. The summed E-state index contributed by atoms with van der Waals surface area (Å²) in [6.45, 7) is 1.63. The Morgan fingerprint density at radius 1 is 1.12 bits per heavy atom. The lowest BCUT2D eigenvalue weighted by Crippen LogP contribution is -2.22. The zero-order valence-corrected chi connectivity index (χ0v) is 25.1.